The van der Waals surface area contributed by atoms with Crippen molar-refractivity contribution in [3.05, 3.63) is 41.4 Å². The van der Waals surface area contributed by atoms with Crippen molar-refractivity contribution in [2.24, 2.45) is 0 Å². The van der Waals surface area contributed by atoms with Gasteiger partial charge in [0.2, 0.25) is 11.7 Å². The van der Waals surface area contributed by atoms with Crippen molar-refractivity contribution < 1.29 is 4.52 Å². The van der Waals surface area contributed by atoms with E-state index in [0.29, 0.717) is 23.2 Å². The highest BCUT2D eigenvalue weighted by atomic mass is 32.2. The molecule has 3 heterocycles. The highest BCUT2D eigenvalue weighted by Crippen LogP contribution is 2.26. The minimum Gasteiger partial charge on any atom is -0.338 e. The SMILES string of the molecule is Cc1csc(SCc2nc(-c3ccccn3)no2)n1. The molecule has 0 aliphatic carbocycles. The first-order chi connectivity index (χ1) is 9.31. The van der Waals surface area contributed by atoms with Crippen LogP contribution in [0.15, 0.2) is 38.6 Å². The van der Waals surface area contributed by atoms with E-state index in [0.717, 1.165) is 10.0 Å². The molecular weight excluding hydrogens is 280 g/mol. The zero-order valence-corrected chi connectivity index (χ0v) is 11.7. The van der Waals surface area contributed by atoms with Crippen LogP contribution in [-0.4, -0.2) is 20.1 Å². The molecule has 0 aliphatic rings. The van der Waals surface area contributed by atoms with Gasteiger partial charge in [0, 0.05) is 17.3 Å². The topological polar surface area (TPSA) is 64.7 Å². The standard InChI is InChI=1S/C12H10N4OS2/c1-8-6-18-12(14-8)19-7-10-15-11(16-17-10)9-4-2-3-5-13-9/h2-6H,7H2,1H3. The molecule has 19 heavy (non-hydrogen) atoms. The Hall–Kier alpha value is -1.73. The zero-order valence-electron chi connectivity index (χ0n) is 10.1. The molecule has 0 radical (unpaired) electrons. The fourth-order valence-corrected chi connectivity index (χ4v) is 3.12. The minimum atomic E-state index is 0.520. The monoisotopic (exact) mass is 290 g/mol. The number of thiazole rings is 1. The maximum absolute atomic E-state index is 5.20. The summed E-state index contributed by atoms with van der Waals surface area (Å²) in [5.74, 6) is 1.72. The number of aryl methyl sites for hydroxylation is 1. The van der Waals surface area contributed by atoms with Crippen molar-refractivity contribution in [1.29, 1.82) is 0 Å². The number of pyridine rings is 1. The normalized spacial score (nSPS) is 10.8. The van der Waals surface area contributed by atoms with Crippen molar-refractivity contribution in [3.63, 3.8) is 0 Å². The Morgan fingerprint density at radius 1 is 1.32 bits per heavy atom. The number of nitrogens with zero attached hydrogens (tertiary/aromatic N) is 4. The molecule has 3 aromatic rings. The first kappa shape index (κ1) is 12.3. The van der Waals surface area contributed by atoms with Gasteiger partial charge in [0.25, 0.3) is 0 Å². The molecule has 5 nitrogen and oxygen atoms in total. The van der Waals surface area contributed by atoms with Gasteiger partial charge >= 0.3 is 0 Å². The molecular formula is C12H10N4OS2. The van der Waals surface area contributed by atoms with Crippen LogP contribution in [0.5, 0.6) is 0 Å². The second-order valence-electron chi connectivity index (χ2n) is 3.77. The number of hydrogen-bond donors (Lipinski definition) is 0. The van der Waals surface area contributed by atoms with Gasteiger partial charge in [-0.25, -0.2) is 4.98 Å². The summed E-state index contributed by atoms with van der Waals surface area (Å²) < 4.78 is 6.21. The van der Waals surface area contributed by atoms with Crippen LogP contribution in [-0.2, 0) is 5.75 Å². The molecule has 0 amide bonds. The maximum Gasteiger partial charge on any atom is 0.237 e. The molecule has 0 fully saturated rings. The summed E-state index contributed by atoms with van der Waals surface area (Å²) in [5.41, 5.74) is 1.75. The third kappa shape index (κ3) is 2.99. The Morgan fingerprint density at radius 3 is 3.00 bits per heavy atom. The summed E-state index contributed by atoms with van der Waals surface area (Å²) in [6, 6.07) is 5.60. The van der Waals surface area contributed by atoms with Gasteiger partial charge in [0.05, 0.1) is 5.75 Å². The molecule has 0 spiro atoms. The van der Waals surface area contributed by atoms with E-state index in [1.807, 2.05) is 30.5 Å². The van der Waals surface area contributed by atoms with E-state index in [4.69, 9.17) is 4.52 Å². The van der Waals surface area contributed by atoms with Gasteiger partial charge in [0.1, 0.15) is 5.69 Å². The fourth-order valence-electron chi connectivity index (χ4n) is 1.43. The van der Waals surface area contributed by atoms with Gasteiger partial charge in [-0.1, -0.05) is 23.0 Å². The molecule has 0 bridgehead atoms. The van der Waals surface area contributed by atoms with Gasteiger partial charge in [0.15, 0.2) is 4.34 Å². The quantitative estimate of drug-likeness (QED) is 0.688. The van der Waals surface area contributed by atoms with Crippen molar-refractivity contribution in [2.45, 2.75) is 17.0 Å². The van der Waals surface area contributed by atoms with Crippen molar-refractivity contribution >= 4 is 23.1 Å². The number of hydrogen-bond acceptors (Lipinski definition) is 7. The average molecular weight is 290 g/mol. The van der Waals surface area contributed by atoms with Crippen LogP contribution in [0.2, 0.25) is 0 Å². The first-order valence-corrected chi connectivity index (χ1v) is 7.47. The molecule has 96 valence electrons. The third-order valence-corrected chi connectivity index (χ3v) is 4.40. The van der Waals surface area contributed by atoms with Crippen molar-refractivity contribution in [3.8, 4) is 11.5 Å². The lowest BCUT2D eigenvalue weighted by Gasteiger charge is -1.91. The number of rotatable bonds is 4. The third-order valence-electron chi connectivity index (χ3n) is 2.28. The predicted molar refractivity (Wildman–Crippen MR) is 73.9 cm³/mol. The van der Waals surface area contributed by atoms with Crippen molar-refractivity contribution in [2.75, 3.05) is 0 Å². The van der Waals surface area contributed by atoms with Crippen LogP contribution >= 0.6 is 23.1 Å². The lowest BCUT2D eigenvalue weighted by Crippen LogP contribution is -1.85. The smallest absolute Gasteiger partial charge is 0.237 e. The second kappa shape index (κ2) is 5.50. The molecule has 0 aliphatic heterocycles. The Balaban J connectivity index is 1.68. The summed E-state index contributed by atoms with van der Waals surface area (Å²) >= 11 is 3.22. The molecule has 3 rings (SSSR count). The molecule has 3 aromatic heterocycles. The van der Waals surface area contributed by atoms with Gasteiger partial charge in [-0.05, 0) is 19.1 Å². The summed E-state index contributed by atoms with van der Waals surface area (Å²) in [7, 11) is 0. The zero-order chi connectivity index (χ0) is 13.1. The molecule has 0 aromatic carbocycles. The summed E-state index contributed by atoms with van der Waals surface area (Å²) in [5, 5.41) is 5.95. The van der Waals surface area contributed by atoms with E-state index in [1.165, 1.54) is 0 Å². The molecule has 0 unspecified atom stereocenters. The summed E-state index contributed by atoms with van der Waals surface area (Å²) in [6.07, 6.45) is 1.71. The second-order valence-corrected chi connectivity index (χ2v) is 5.85. The molecule has 0 saturated heterocycles. The van der Waals surface area contributed by atoms with Crippen LogP contribution in [0, 0.1) is 6.92 Å². The van der Waals surface area contributed by atoms with Crippen LogP contribution in [0.25, 0.3) is 11.5 Å². The Labute approximate surface area is 118 Å². The van der Waals surface area contributed by atoms with Gasteiger partial charge in [-0.2, -0.15) is 4.98 Å². The molecule has 7 heteroatoms. The maximum atomic E-state index is 5.20. The Morgan fingerprint density at radius 2 is 2.26 bits per heavy atom. The summed E-state index contributed by atoms with van der Waals surface area (Å²) in [6.45, 7) is 1.98. The van der Waals surface area contributed by atoms with E-state index in [1.54, 1.807) is 29.3 Å². The summed E-state index contributed by atoms with van der Waals surface area (Å²) in [4.78, 5) is 12.9. The van der Waals surface area contributed by atoms with Crippen LogP contribution in [0.4, 0.5) is 0 Å². The van der Waals surface area contributed by atoms with Crippen LogP contribution in [0.3, 0.4) is 0 Å². The molecule has 0 saturated carbocycles. The van der Waals surface area contributed by atoms with Crippen LogP contribution < -0.4 is 0 Å². The molecule has 0 N–H and O–H groups in total. The first-order valence-electron chi connectivity index (χ1n) is 5.60. The molecule has 0 atom stereocenters. The van der Waals surface area contributed by atoms with Gasteiger partial charge in [-0.15, -0.1) is 11.3 Å². The van der Waals surface area contributed by atoms with E-state index >= 15 is 0 Å². The van der Waals surface area contributed by atoms with Gasteiger partial charge < -0.3 is 4.52 Å². The minimum absolute atomic E-state index is 0.520. The highest BCUT2D eigenvalue weighted by Gasteiger charge is 2.10. The largest absolute Gasteiger partial charge is 0.338 e. The fraction of sp³-hybridized carbons (Fsp3) is 0.167. The van der Waals surface area contributed by atoms with E-state index in [9.17, 15) is 0 Å². The van der Waals surface area contributed by atoms with Crippen molar-refractivity contribution in [1.82, 2.24) is 20.1 Å². The van der Waals surface area contributed by atoms with E-state index in [2.05, 4.69) is 20.1 Å². The number of thioether (sulfide) groups is 1. The van der Waals surface area contributed by atoms with E-state index < -0.39 is 0 Å². The lowest BCUT2D eigenvalue weighted by molar-refractivity contribution is 0.391. The van der Waals surface area contributed by atoms with Gasteiger partial charge in [-0.3, -0.25) is 4.98 Å². The number of aromatic nitrogens is 4. The van der Waals surface area contributed by atoms with E-state index in [-0.39, 0.29) is 0 Å². The highest BCUT2D eigenvalue weighted by molar-refractivity contribution is 8.00. The lowest BCUT2D eigenvalue weighted by atomic mass is 10.3. The predicted octanol–water partition coefficient (Wildman–Crippen LogP) is 3.19. The van der Waals surface area contributed by atoms with Crippen LogP contribution in [0.1, 0.15) is 11.6 Å². The Bertz CT molecular complexity index is 665. The average Bonchev–Trinajstić information content (AvgIpc) is 3.06. The Kier molecular flexibility index (Phi) is 3.56.